The standard InChI is InChI=1S/C27H21BrN2O3/c1-18-9-11-20(12-10-18)27(32)33-25-14-13-23(28)15-22(25)17-29-30-26(31)16-21-7-4-6-19-5-2-3-8-24(19)21/h2-15,17H,16H2,1H3,(H,30,31)/b29-17-. The van der Waals surface area contributed by atoms with E-state index >= 15 is 0 Å². The first-order valence-electron chi connectivity index (χ1n) is 10.4. The van der Waals surface area contributed by atoms with Crippen LogP contribution in [0.4, 0.5) is 0 Å². The molecule has 5 nitrogen and oxygen atoms in total. The Morgan fingerprint density at radius 3 is 2.55 bits per heavy atom. The SMILES string of the molecule is Cc1ccc(C(=O)Oc2ccc(Br)cc2/C=N\NC(=O)Cc2cccc3ccccc23)cc1. The van der Waals surface area contributed by atoms with Crippen molar-refractivity contribution in [3.05, 3.63) is 112 Å². The molecule has 33 heavy (non-hydrogen) atoms. The van der Waals surface area contributed by atoms with Crippen LogP contribution in [0.15, 0.2) is 94.5 Å². The highest BCUT2D eigenvalue weighted by molar-refractivity contribution is 9.10. The van der Waals surface area contributed by atoms with E-state index in [0.29, 0.717) is 16.9 Å². The van der Waals surface area contributed by atoms with E-state index in [1.807, 2.05) is 61.5 Å². The number of hydrazone groups is 1. The van der Waals surface area contributed by atoms with Crippen molar-refractivity contribution in [3.63, 3.8) is 0 Å². The number of amides is 1. The molecule has 0 spiro atoms. The third kappa shape index (κ3) is 5.73. The fraction of sp³-hybridized carbons (Fsp3) is 0.0741. The number of aryl methyl sites for hydroxylation is 1. The topological polar surface area (TPSA) is 67.8 Å². The van der Waals surface area contributed by atoms with E-state index in [4.69, 9.17) is 4.74 Å². The summed E-state index contributed by atoms with van der Waals surface area (Å²) in [6, 6.07) is 26.2. The molecule has 0 atom stereocenters. The van der Waals surface area contributed by atoms with Crippen molar-refractivity contribution in [3.8, 4) is 5.75 Å². The molecule has 164 valence electrons. The minimum Gasteiger partial charge on any atom is -0.422 e. The van der Waals surface area contributed by atoms with Gasteiger partial charge < -0.3 is 4.74 Å². The molecule has 0 radical (unpaired) electrons. The van der Waals surface area contributed by atoms with Gasteiger partial charge in [0, 0.05) is 10.0 Å². The van der Waals surface area contributed by atoms with Crippen LogP contribution in [0.2, 0.25) is 0 Å². The highest BCUT2D eigenvalue weighted by Crippen LogP contribution is 2.23. The summed E-state index contributed by atoms with van der Waals surface area (Å²) >= 11 is 3.41. The lowest BCUT2D eigenvalue weighted by Crippen LogP contribution is -2.20. The van der Waals surface area contributed by atoms with E-state index in [9.17, 15) is 9.59 Å². The van der Waals surface area contributed by atoms with Crippen LogP contribution in [0.5, 0.6) is 5.75 Å². The number of esters is 1. The quantitative estimate of drug-likeness (QED) is 0.157. The van der Waals surface area contributed by atoms with Crippen LogP contribution in [-0.4, -0.2) is 18.1 Å². The van der Waals surface area contributed by atoms with E-state index in [1.54, 1.807) is 30.3 Å². The molecule has 0 aliphatic rings. The number of ether oxygens (including phenoxy) is 1. The number of benzene rings is 4. The molecule has 4 aromatic rings. The molecular weight excluding hydrogens is 480 g/mol. The third-order valence-electron chi connectivity index (χ3n) is 5.09. The first-order chi connectivity index (χ1) is 16.0. The van der Waals surface area contributed by atoms with Gasteiger partial charge in [0.25, 0.3) is 0 Å². The Balaban J connectivity index is 1.45. The number of nitrogens with one attached hydrogen (secondary N) is 1. The molecule has 0 aromatic heterocycles. The molecule has 0 saturated carbocycles. The minimum atomic E-state index is -0.466. The van der Waals surface area contributed by atoms with E-state index in [1.165, 1.54) is 6.21 Å². The molecule has 0 bridgehead atoms. The molecule has 0 heterocycles. The summed E-state index contributed by atoms with van der Waals surface area (Å²) < 4.78 is 6.36. The summed E-state index contributed by atoms with van der Waals surface area (Å²) in [5.41, 5.74) is 5.55. The largest absolute Gasteiger partial charge is 0.422 e. The van der Waals surface area contributed by atoms with E-state index < -0.39 is 5.97 Å². The first-order valence-corrected chi connectivity index (χ1v) is 11.2. The smallest absolute Gasteiger partial charge is 0.343 e. The molecule has 6 heteroatoms. The Bertz CT molecular complexity index is 1340. The van der Waals surface area contributed by atoms with Crippen molar-refractivity contribution >= 4 is 44.8 Å². The van der Waals surface area contributed by atoms with Gasteiger partial charge in [0.15, 0.2) is 0 Å². The van der Waals surface area contributed by atoms with Gasteiger partial charge in [-0.25, -0.2) is 10.2 Å². The second kappa shape index (κ2) is 10.2. The van der Waals surface area contributed by atoms with Gasteiger partial charge in [0.2, 0.25) is 5.91 Å². The molecule has 4 aromatic carbocycles. The molecule has 0 aliphatic heterocycles. The second-order valence-corrected chi connectivity index (χ2v) is 8.46. The molecule has 1 amide bonds. The number of hydrogen-bond acceptors (Lipinski definition) is 4. The van der Waals surface area contributed by atoms with Gasteiger partial charge in [-0.15, -0.1) is 0 Å². The number of carbonyl (C=O) groups is 2. The van der Waals surface area contributed by atoms with Crippen LogP contribution in [0, 0.1) is 6.92 Å². The van der Waals surface area contributed by atoms with Gasteiger partial charge in [-0.05, 0) is 53.6 Å². The highest BCUT2D eigenvalue weighted by atomic mass is 79.9. The van der Waals surface area contributed by atoms with E-state index in [-0.39, 0.29) is 12.3 Å². The molecule has 0 fully saturated rings. The maximum absolute atomic E-state index is 12.5. The Kier molecular flexibility index (Phi) is 6.95. The van der Waals surface area contributed by atoms with Crippen molar-refractivity contribution in [2.24, 2.45) is 5.10 Å². The first kappa shape index (κ1) is 22.4. The number of fused-ring (bicyclic) bond motifs is 1. The zero-order valence-electron chi connectivity index (χ0n) is 17.9. The Morgan fingerprint density at radius 2 is 1.73 bits per heavy atom. The van der Waals surface area contributed by atoms with Crippen molar-refractivity contribution in [2.75, 3.05) is 0 Å². The summed E-state index contributed by atoms with van der Waals surface area (Å²) in [6.45, 7) is 1.95. The van der Waals surface area contributed by atoms with Gasteiger partial charge in [-0.1, -0.05) is 76.1 Å². The van der Waals surface area contributed by atoms with E-state index in [2.05, 4.69) is 26.5 Å². The van der Waals surface area contributed by atoms with Crippen LogP contribution >= 0.6 is 15.9 Å². The van der Waals surface area contributed by atoms with Gasteiger partial charge in [0.1, 0.15) is 5.75 Å². The van der Waals surface area contributed by atoms with Crippen LogP contribution < -0.4 is 10.2 Å². The molecule has 0 unspecified atom stereocenters. The number of hydrogen-bond donors (Lipinski definition) is 1. The lowest BCUT2D eigenvalue weighted by Gasteiger charge is -2.08. The number of carbonyl (C=O) groups excluding carboxylic acids is 2. The normalized spacial score (nSPS) is 11.0. The summed E-state index contributed by atoms with van der Waals surface area (Å²) in [4.78, 5) is 25.0. The molecular formula is C27H21BrN2O3. The number of rotatable bonds is 6. The highest BCUT2D eigenvalue weighted by Gasteiger charge is 2.12. The monoisotopic (exact) mass is 500 g/mol. The third-order valence-corrected chi connectivity index (χ3v) is 5.58. The Hall–Kier alpha value is -3.77. The average Bonchev–Trinajstić information content (AvgIpc) is 2.81. The zero-order valence-corrected chi connectivity index (χ0v) is 19.5. The summed E-state index contributed by atoms with van der Waals surface area (Å²) in [6.07, 6.45) is 1.66. The van der Waals surface area contributed by atoms with Crippen LogP contribution in [0.1, 0.15) is 27.0 Å². The minimum absolute atomic E-state index is 0.201. The van der Waals surface area contributed by atoms with Gasteiger partial charge >= 0.3 is 5.97 Å². The van der Waals surface area contributed by atoms with Crippen molar-refractivity contribution in [1.29, 1.82) is 0 Å². The zero-order chi connectivity index (χ0) is 23.2. The number of nitrogens with zero attached hydrogens (tertiary/aromatic N) is 1. The fourth-order valence-corrected chi connectivity index (χ4v) is 3.77. The molecule has 0 saturated heterocycles. The maximum atomic E-state index is 12.5. The van der Waals surface area contributed by atoms with Crippen LogP contribution in [0.25, 0.3) is 10.8 Å². The predicted octanol–water partition coefficient (Wildman–Crippen LogP) is 5.82. The second-order valence-electron chi connectivity index (χ2n) is 7.55. The van der Waals surface area contributed by atoms with Gasteiger partial charge in [-0.2, -0.15) is 5.10 Å². The van der Waals surface area contributed by atoms with Crippen LogP contribution in [-0.2, 0) is 11.2 Å². The van der Waals surface area contributed by atoms with Crippen LogP contribution in [0.3, 0.4) is 0 Å². The summed E-state index contributed by atoms with van der Waals surface area (Å²) in [5, 5.41) is 6.20. The number of halogens is 1. The van der Waals surface area contributed by atoms with E-state index in [0.717, 1.165) is 26.4 Å². The van der Waals surface area contributed by atoms with Crippen molar-refractivity contribution in [1.82, 2.24) is 5.43 Å². The molecule has 1 N–H and O–H groups in total. The lowest BCUT2D eigenvalue weighted by molar-refractivity contribution is -0.120. The fourth-order valence-electron chi connectivity index (χ4n) is 3.39. The van der Waals surface area contributed by atoms with Crippen molar-refractivity contribution in [2.45, 2.75) is 13.3 Å². The predicted molar refractivity (Wildman–Crippen MR) is 134 cm³/mol. The average molecular weight is 501 g/mol. The van der Waals surface area contributed by atoms with Gasteiger partial charge in [-0.3, -0.25) is 4.79 Å². The lowest BCUT2D eigenvalue weighted by atomic mass is 10.0. The van der Waals surface area contributed by atoms with Crippen molar-refractivity contribution < 1.29 is 14.3 Å². The summed E-state index contributed by atoms with van der Waals surface area (Å²) in [7, 11) is 0. The molecule has 4 rings (SSSR count). The maximum Gasteiger partial charge on any atom is 0.343 e. The molecule has 0 aliphatic carbocycles. The Labute approximate surface area is 200 Å². The van der Waals surface area contributed by atoms with Gasteiger partial charge in [0.05, 0.1) is 18.2 Å². The summed E-state index contributed by atoms with van der Waals surface area (Å²) in [5.74, 6) is -0.362. The Morgan fingerprint density at radius 1 is 0.970 bits per heavy atom.